The molecule has 0 saturated carbocycles. The van der Waals surface area contributed by atoms with Crippen molar-refractivity contribution in [1.82, 2.24) is 9.55 Å². The van der Waals surface area contributed by atoms with E-state index in [0.29, 0.717) is 12.2 Å². The molecule has 1 aliphatic heterocycles. The van der Waals surface area contributed by atoms with Gasteiger partial charge >= 0.3 is 5.69 Å². The fourth-order valence-corrected chi connectivity index (χ4v) is 7.68. The standard InChI is InChI=1S/C32H40N2O6Si/c1-5-41(6-2,7-3)19-18-32(23-38-21-25-14-10-8-11-15-25)28(39-22-26-16-12-9-13-17-26)27(35)30(40-32)34-20-24(4)29(36)33-31(34)37/h8-17,20,27-28,30,35H,5-7,21-23H2,1-4H3,(H,33,36,37)/t27?,28?,30-,32-/m1/s1. The maximum Gasteiger partial charge on any atom is 0.330 e. The minimum Gasteiger partial charge on any atom is -0.386 e. The van der Waals surface area contributed by atoms with E-state index in [0.717, 1.165) is 29.3 Å². The monoisotopic (exact) mass is 576 g/mol. The zero-order chi connectivity index (χ0) is 29.5. The normalized spacial score (nSPS) is 22.3. The summed E-state index contributed by atoms with van der Waals surface area (Å²) in [5, 5.41) is 11.7. The SMILES string of the molecule is CC[Si](C#C[C@]1(COCc2ccccc2)O[C@@H](n2cc(C)c(=O)[nH]c2=O)C(O)C1OCc1ccccc1)(CC)CC. The summed E-state index contributed by atoms with van der Waals surface area (Å²) in [4.78, 5) is 27.3. The molecule has 9 heteroatoms. The summed E-state index contributed by atoms with van der Waals surface area (Å²) in [7, 11) is -1.95. The van der Waals surface area contributed by atoms with Crippen LogP contribution in [0.25, 0.3) is 0 Å². The van der Waals surface area contributed by atoms with Gasteiger partial charge in [-0.05, 0) is 36.2 Å². The number of H-pyrrole nitrogens is 1. The molecular formula is C32H40N2O6Si. The molecular weight excluding hydrogens is 536 g/mol. The van der Waals surface area contributed by atoms with Crippen molar-refractivity contribution in [2.24, 2.45) is 0 Å². The lowest BCUT2D eigenvalue weighted by Crippen LogP contribution is -2.48. The largest absolute Gasteiger partial charge is 0.386 e. The Balaban J connectivity index is 1.78. The summed E-state index contributed by atoms with van der Waals surface area (Å²) in [6.07, 6.45) is -1.94. The molecule has 1 aromatic heterocycles. The Kier molecular flexibility index (Phi) is 10.2. The summed E-state index contributed by atoms with van der Waals surface area (Å²) >= 11 is 0. The number of aliphatic hydroxyl groups excluding tert-OH is 1. The Morgan fingerprint density at radius 3 is 2.15 bits per heavy atom. The van der Waals surface area contributed by atoms with Crippen molar-refractivity contribution in [3.8, 4) is 11.5 Å². The lowest BCUT2D eigenvalue weighted by atomic mass is 9.96. The van der Waals surface area contributed by atoms with E-state index in [2.05, 4.69) is 37.2 Å². The first-order valence-corrected chi connectivity index (χ1v) is 16.9. The number of hydrogen-bond donors (Lipinski definition) is 2. The Bertz CT molecular complexity index is 1450. The predicted molar refractivity (Wildman–Crippen MR) is 161 cm³/mol. The first kappa shape index (κ1) is 30.7. The van der Waals surface area contributed by atoms with Crippen LogP contribution in [0.15, 0.2) is 76.4 Å². The molecule has 1 fully saturated rings. The fraction of sp³-hybridized carbons (Fsp3) is 0.438. The molecule has 4 rings (SSSR count). The summed E-state index contributed by atoms with van der Waals surface area (Å²) in [6.45, 7) is 8.65. The number of nitrogens with zero attached hydrogens (tertiary/aromatic N) is 1. The van der Waals surface area contributed by atoms with Crippen LogP contribution in [0.5, 0.6) is 0 Å². The number of rotatable bonds is 11. The van der Waals surface area contributed by atoms with Crippen molar-refractivity contribution < 1.29 is 19.3 Å². The number of aromatic amines is 1. The van der Waals surface area contributed by atoms with Gasteiger partial charge in [-0.3, -0.25) is 14.3 Å². The van der Waals surface area contributed by atoms with Crippen LogP contribution in [0, 0.1) is 18.4 Å². The highest BCUT2D eigenvalue weighted by atomic mass is 28.3. The average molecular weight is 577 g/mol. The molecule has 0 radical (unpaired) electrons. The highest BCUT2D eigenvalue weighted by Gasteiger charge is 2.56. The van der Waals surface area contributed by atoms with E-state index in [9.17, 15) is 14.7 Å². The van der Waals surface area contributed by atoms with Crippen LogP contribution in [0.3, 0.4) is 0 Å². The number of aliphatic hydroxyl groups is 1. The third-order valence-corrected chi connectivity index (χ3v) is 12.8. The van der Waals surface area contributed by atoms with Gasteiger partial charge in [0, 0.05) is 11.8 Å². The predicted octanol–water partition coefficient (Wildman–Crippen LogP) is 4.33. The third kappa shape index (κ3) is 6.97. The van der Waals surface area contributed by atoms with Gasteiger partial charge in [0.15, 0.2) is 11.8 Å². The zero-order valence-electron chi connectivity index (χ0n) is 24.3. The smallest absolute Gasteiger partial charge is 0.330 e. The topological polar surface area (TPSA) is 103 Å². The van der Waals surface area contributed by atoms with Crippen LogP contribution < -0.4 is 11.2 Å². The van der Waals surface area contributed by atoms with E-state index in [4.69, 9.17) is 14.2 Å². The van der Waals surface area contributed by atoms with Gasteiger partial charge in [-0.1, -0.05) is 87.4 Å². The quantitative estimate of drug-likeness (QED) is 0.260. The lowest BCUT2D eigenvalue weighted by Gasteiger charge is -2.31. The van der Waals surface area contributed by atoms with Gasteiger partial charge in [-0.2, -0.15) is 0 Å². The highest BCUT2D eigenvalue weighted by molar-refractivity contribution is 6.87. The summed E-state index contributed by atoms with van der Waals surface area (Å²) in [5.74, 6) is 3.43. The number of aromatic nitrogens is 2. The van der Waals surface area contributed by atoms with Crippen LogP contribution >= 0.6 is 0 Å². The molecule has 8 nitrogen and oxygen atoms in total. The Morgan fingerprint density at radius 2 is 1.56 bits per heavy atom. The third-order valence-electron chi connectivity index (χ3n) is 8.08. The van der Waals surface area contributed by atoms with Crippen molar-refractivity contribution in [2.45, 2.75) is 83.1 Å². The molecule has 4 atom stereocenters. The minimum atomic E-state index is -1.95. The Hall–Kier alpha value is -3.26. The second kappa shape index (κ2) is 13.6. The average Bonchev–Trinajstić information content (AvgIpc) is 3.26. The van der Waals surface area contributed by atoms with Gasteiger partial charge in [0.2, 0.25) is 0 Å². The van der Waals surface area contributed by atoms with E-state index in [1.54, 1.807) is 6.92 Å². The van der Waals surface area contributed by atoms with E-state index in [1.807, 2.05) is 60.7 Å². The van der Waals surface area contributed by atoms with E-state index in [1.165, 1.54) is 10.8 Å². The van der Waals surface area contributed by atoms with Crippen LogP contribution in [0.1, 0.15) is 43.7 Å². The maximum atomic E-state index is 12.9. The second-order valence-electron chi connectivity index (χ2n) is 10.7. The molecule has 0 aliphatic carbocycles. The summed E-state index contributed by atoms with van der Waals surface area (Å²) in [5.41, 5.74) is 3.31. The highest BCUT2D eigenvalue weighted by Crippen LogP contribution is 2.40. The van der Waals surface area contributed by atoms with E-state index in [-0.39, 0.29) is 13.2 Å². The van der Waals surface area contributed by atoms with Gasteiger partial charge in [0.25, 0.3) is 5.56 Å². The molecule has 218 valence electrons. The first-order chi connectivity index (χ1) is 19.8. The molecule has 0 spiro atoms. The fourth-order valence-electron chi connectivity index (χ4n) is 5.17. The van der Waals surface area contributed by atoms with E-state index >= 15 is 0 Å². The molecule has 1 saturated heterocycles. The van der Waals surface area contributed by atoms with Crippen molar-refractivity contribution in [1.29, 1.82) is 0 Å². The summed E-state index contributed by atoms with van der Waals surface area (Å²) < 4.78 is 20.4. The van der Waals surface area contributed by atoms with Gasteiger partial charge < -0.3 is 19.3 Å². The van der Waals surface area contributed by atoms with Crippen molar-refractivity contribution in [2.75, 3.05) is 6.61 Å². The maximum absolute atomic E-state index is 12.9. The van der Waals surface area contributed by atoms with Crippen LogP contribution in [0.4, 0.5) is 0 Å². The molecule has 41 heavy (non-hydrogen) atoms. The number of hydrogen-bond acceptors (Lipinski definition) is 6. The van der Waals surface area contributed by atoms with Gasteiger partial charge in [-0.25, -0.2) is 4.79 Å². The molecule has 1 aliphatic rings. The first-order valence-electron chi connectivity index (χ1n) is 14.3. The Morgan fingerprint density at radius 1 is 0.976 bits per heavy atom. The molecule has 0 amide bonds. The van der Waals surface area contributed by atoms with Gasteiger partial charge in [0.1, 0.15) is 20.3 Å². The van der Waals surface area contributed by atoms with Crippen LogP contribution in [-0.2, 0) is 27.4 Å². The molecule has 2 N–H and O–H groups in total. The Labute approximate surface area is 242 Å². The minimum absolute atomic E-state index is 0.0145. The number of aryl methyl sites for hydroxylation is 1. The van der Waals surface area contributed by atoms with Gasteiger partial charge in [-0.15, -0.1) is 5.54 Å². The molecule has 0 bridgehead atoms. The van der Waals surface area contributed by atoms with Gasteiger partial charge in [0.05, 0.1) is 19.8 Å². The van der Waals surface area contributed by atoms with Crippen LogP contribution in [-0.4, -0.2) is 47.1 Å². The number of benzene rings is 2. The lowest BCUT2D eigenvalue weighted by molar-refractivity contribution is -0.124. The van der Waals surface area contributed by atoms with Crippen LogP contribution in [0.2, 0.25) is 18.1 Å². The second-order valence-corrected chi connectivity index (χ2v) is 15.6. The molecule has 2 aromatic carbocycles. The van der Waals surface area contributed by atoms with E-state index < -0.39 is 43.4 Å². The zero-order valence-corrected chi connectivity index (χ0v) is 25.3. The number of nitrogens with one attached hydrogen (secondary N) is 1. The summed E-state index contributed by atoms with van der Waals surface area (Å²) in [6, 6.07) is 22.4. The molecule has 2 unspecified atom stereocenters. The van der Waals surface area contributed by atoms with Crippen molar-refractivity contribution in [3.63, 3.8) is 0 Å². The van der Waals surface area contributed by atoms with Crippen molar-refractivity contribution in [3.05, 3.63) is 104 Å². The molecule has 2 heterocycles. The number of ether oxygens (including phenoxy) is 3. The van der Waals surface area contributed by atoms with Crippen molar-refractivity contribution >= 4 is 8.07 Å². The molecule has 3 aromatic rings.